The average Bonchev–Trinajstić information content (AvgIpc) is 2.73. The second kappa shape index (κ2) is 2.77. The molecular formula is C9H13N3O2. The second-order valence-corrected chi connectivity index (χ2v) is 4.14. The van der Waals surface area contributed by atoms with Crippen LogP contribution in [0.2, 0.25) is 0 Å². The predicted molar refractivity (Wildman–Crippen MR) is 47.4 cm³/mol. The minimum Gasteiger partial charge on any atom is -0.380 e. The van der Waals surface area contributed by atoms with E-state index in [2.05, 4.69) is 15.5 Å². The molecule has 5 nitrogen and oxygen atoms in total. The fourth-order valence-electron chi connectivity index (χ4n) is 1.80. The van der Waals surface area contributed by atoms with E-state index >= 15 is 0 Å². The maximum Gasteiger partial charge on any atom is 0.258 e. The molecule has 0 aromatic carbocycles. The molecule has 1 atom stereocenters. The minimum absolute atomic E-state index is 0.217. The highest BCUT2D eigenvalue weighted by atomic mass is 16.5. The van der Waals surface area contributed by atoms with Gasteiger partial charge in [-0.2, -0.15) is 4.98 Å². The molecule has 1 aromatic heterocycles. The van der Waals surface area contributed by atoms with Crippen LogP contribution in [0.25, 0.3) is 0 Å². The summed E-state index contributed by atoms with van der Waals surface area (Å²) >= 11 is 0. The Morgan fingerprint density at radius 1 is 1.50 bits per heavy atom. The molecule has 1 saturated heterocycles. The summed E-state index contributed by atoms with van der Waals surface area (Å²) < 4.78 is 5.05. The van der Waals surface area contributed by atoms with Gasteiger partial charge in [-0.15, -0.1) is 0 Å². The van der Waals surface area contributed by atoms with E-state index in [1.165, 1.54) is 0 Å². The number of nitrogens with zero attached hydrogens (tertiary/aromatic N) is 2. The molecule has 1 aliphatic carbocycles. The van der Waals surface area contributed by atoms with E-state index in [-0.39, 0.29) is 6.04 Å². The van der Waals surface area contributed by atoms with Crippen LogP contribution in [0.4, 0.5) is 0 Å². The van der Waals surface area contributed by atoms with Crippen LogP contribution in [0.1, 0.15) is 43.4 Å². The molecule has 1 saturated carbocycles. The van der Waals surface area contributed by atoms with Gasteiger partial charge in [-0.25, -0.2) is 0 Å². The fourth-order valence-corrected chi connectivity index (χ4v) is 1.80. The van der Waals surface area contributed by atoms with Crippen molar-refractivity contribution in [2.24, 2.45) is 0 Å². The van der Waals surface area contributed by atoms with Gasteiger partial charge in [-0.3, -0.25) is 0 Å². The molecular weight excluding hydrogens is 182 g/mol. The Balaban J connectivity index is 1.82. The minimum atomic E-state index is -0.802. The first kappa shape index (κ1) is 8.38. The van der Waals surface area contributed by atoms with Crippen molar-refractivity contribution in [1.82, 2.24) is 15.5 Å². The monoisotopic (exact) mass is 195 g/mol. The molecule has 1 aliphatic heterocycles. The molecule has 14 heavy (non-hydrogen) atoms. The van der Waals surface area contributed by atoms with Gasteiger partial charge in [0.15, 0.2) is 5.82 Å². The topological polar surface area (TPSA) is 71.2 Å². The van der Waals surface area contributed by atoms with Crippen LogP contribution in [0, 0.1) is 0 Å². The van der Waals surface area contributed by atoms with E-state index in [0.29, 0.717) is 11.7 Å². The molecule has 5 heteroatoms. The number of hydrogen-bond donors (Lipinski definition) is 2. The van der Waals surface area contributed by atoms with Crippen molar-refractivity contribution in [3.05, 3.63) is 11.7 Å². The zero-order chi connectivity index (χ0) is 9.60. The summed E-state index contributed by atoms with van der Waals surface area (Å²) in [5.74, 6) is 1.08. The first-order valence-corrected chi connectivity index (χ1v) is 5.08. The third-order valence-electron chi connectivity index (χ3n) is 2.94. The SMILES string of the molecule is OC1(c2nc([C@@H]3CCCN3)no2)CC1. The van der Waals surface area contributed by atoms with E-state index in [9.17, 15) is 5.11 Å². The summed E-state index contributed by atoms with van der Waals surface area (Å²) in [7, 11) is 0. The lowest BCUT2D eigenvalue weighted by Gasteiger charge is -2.02. The van der Waals surface area contributed by atoms with Crippen LogP contribution < -0.4 is 5.32 Å². The highest BCUT2D eigenvalue weighted by Crippen LogP contribution is 2.44. The Morgan fingerprint density at radius 3 is 3.00 bits per heavy atom. The van der Waals surface area contributed by atoms with E-state index in [0.717, 1.165) is 32.2 Å². The van der Waals surface area contributed by atoms with Crippen molar-refractivity contribution in [2.75, 3.05) is 6.54 Å². The smallest absolute Gasteiger partial charge is 0.258 e. The Morgan fingerprint density at radius 2 is 2.36 bits per heavy atom. The standard InChI is InChI=1S/C9H13N3O2/c13-9(3-4-9)8-11-7(12-14-8)6-2-1-5-10-6/h6,10,13H,1-5H2/t6-/m0/s1. The summed E-state index contributed by atoms with van der Waals surface area (Å²) in [5.41, 5.74) is -0.802. The van der Waals surface area contributed by atoms with Crippen LogP contribution >= 0.6 is 0 Å². The molecule has 0 amide bonds. The molecule has 76 valence electrons. The number of rotatable bonds is 2. The Hall–Kier alpha value is -0.940. The van der Waals surface area contributed by atoms with Crippen molar-refractivity contribution in [3.8, 4) is 0 Å². The van der Waals surface area contributed by atoms with Crippen LogP contribution in [0.3, 0.4) is 0 Å². The third kappa shape index (κ3) is 1.24. The quantitative estimate of drug-likeness (QED) is 0.718. The lowest BCUT2D eigenvalue weighted by Crippen LogP contribution is -2.14. The molecule has 2 fully saturated rings. The number of nitrogens with one attached hydrogen (secondary N) is 1. The van der Waals surface area contributed by atoms with Crippen LogP contribution in [0.5, 0.6) is 0 Å². The van der Waals surface area contributed by atoms with Crippen LogP contribution in [-0.2, 0) is 5.60 Å². The Labute approximate surface area is 81.5 Å². The van der Waals surface area contributed by atoms with Crippen molar-refractivity contribution in [2.45, 2.75) is 37.3 Å². The maximum atomic E-state index is 9.74. The van der Waals surface area contributed by atoms with Crippen LogP contribution in [-0.4, -0.2) is 21.8 Å². The molecule has 0 unspecified atom stereocenters. The molecule has 2 N–H and O–H groups in total. The molecule has 0 radical (unpaired) electrons. The summed E-state index contributed by atoms with van der Waals surface area (Å²) in [4.78, 5) is 4.24. The van der Waals surface area contributed by atoms with Crippen molar-refractivity contribution in [3.63, 3.8) is 0 Å². The predicted octanol–water partition coefficient (Wildman–Crippen LogP) is 0.475. The molecule has 3 rings (SSSR count). The summed E-state index contributed by atoms with van der Waals surface area (Å²) in [6.45, 7) is 1.01. The molecule has 2 heterocycles. The van der Waals surface area contributed by atoms with Crippen molar-refractivity contribution < 1.29 is 9.63 Å². The Bertz CT molecular complexity index is 340. The zero-order valence-electron chi connectivity index (χ0n) is 7.86. The van der Waals surface area contributed by atoms with Gasteiger partial charge in [0.2, 0.25) is 0 Å². The normalized spacial score (nSPS) is 29.4. The number of aliphatic hydroxyl groups is 1. The number of hydrogen-bond acceptors (Lipinski definition) is 5. The van der Waals surface area contributed by atoms with Gasteiger partial charge >= 0.3 is 0 Å². The van der Waals surface area contributed by atoms with E-state index in [1.54, 1.807) is 0 Å². The van der Waals surface area contributed by atoms with Gasteiger partial charge in [0, 0.05) is 0 Å². The molecule has 0 spiro atoms. The first-order chi connectivity index (χ1) is 6.78. The highest BCUT2D eigenvalue weighted by Gasteiger charge is 2.48. The van der Waals surface area contributed by atoms with Gasteiger partial charge in [0.05, 0.1) is 6.04 Å². The van der Waals surface area contributed by atoms with Gasteiger partial charge in [0.1, 0.15) is 5.60 Å². The molecule has 1 aromatic rings. The first-order valence-electron chi connectivity index (χ1n) is 5.08. The van der Waals surface area contributed by atoms with Gasteiger partial charge in [-0.1, -0.05) is 5.16 Å². The second-order valence-electron chi connectivity index (χ2n) is 4.14. The van der Waals surface area contributed by atoms with Gasteiger partial charge in [-0.05, 0) is 32.2 Å². The highest BCUT2D eigenvalue weighted by molar-refractivity contribution is 5.09. The van der Waals surface area contributed by atoms with E-state index in [4.69, 9.17) is 4.52 Å². The van der Waals surface area contributed by atoms with Gasteiger partial charge in [0.25, 0.3) is 5.89 Å². The van der Waals surface area contributed by atoms with Crippen molar-refractivity contribution >= 4 is 0 Å². The molecule has 2 aliphatic rings. The van der Waals surface area contributed by atoms with Gasteiger partial charge < -0.3 is 14.9 Å². The lowest BCUT2D eigenvalue weighted by molar-refractivity contribution is 0.108. The van der Waals surface area contributed by atoms with E-state index in [1.807, 2.05) is 0 Å². The largest absolute Gasteiger partial charge is 0.380 e. The molecule has 0 bridgehead atoms. The maximum absolute atomic E-state index is 9.74. The summed E-state index contributed by atoms with van der Waals surface area (Å²) in [5, 5.41) is 16.9. The van der Waals surface area contributed by atoms with Crippen LogP contribution in [0.15, 0.2) is 4.52 Å². The average molecular weight is 195 g/mol. The van der Waals surface area contributed by atoms with Crippen molar-refractivity contribution in [1.29, 1.82) is 0 Å². The zero-order valence-corrected chi connectivity index (χ0v) is 7.86. The third-order valence-corrected chi connectivity index (χ3v) is 2.94. The fraction of sp³-hybridized carbons (Fsp3) is 0.778. The number of aromatic nitrogens is 2. The summed E-state index contributed by atoms with van der Waals surface area (Å²) in [6.07, 6.45) is 3.69. The van der Waals surface area contributed by atoms with E-state index < -0.39 is 5.60 Å². The lowest BCUT2D eigenvalue weighted by atomic mass is 10.2. The summed E-state index contributed by atoms with van der Waals surface area (Å²) in [6, 6.07) is 0.217. The Kier molecular flexibility index (Phi) is 1.66.